The van der Waals surface area contributed by atoms with Crippen molar-refractivity contribution >= 4 is 10.8 Å². The summed E-state index contributed by atoms with van der Waals surface area (Å²) in [4.78, 5) is 0. The summed E-state index contributed by atoms with van der Waals surface area (Å²) in [5.74, 6) is 2.64. The highest BCUT2D eigenvalue weighted by Gasteiger charge is 2.19. The van der Waals surface area contributed by atoms with Crippen molar-refractivity contribution in [1.29, 1.82) is 0 Å². The fourth-order valence-electron chi connectivity index (χ4n) is 3.70. The van der Waals surface area contributed by atoms with Crippen LogP contribution in [0.2, 0.25) is 0 Å². The van der Waals surface area contributed by atoms with E-state index in [-0.39, 0.29) is 0 Å². The van der Waals surface area contributed by atoms with E-state index in [0.29, 0.717) is 30.5 Å². The predicted octanol–water partition coefficient (Wildman–Crippen LogP) is 7.79. The van der Waals surface area contributed by atoms with Crippen LogP contribution >= 0.6 is 0 Å². The fraction of sp³-hybridized carbons (Fsp3) is 0.0667. The Labute approximate surface area is 193 Å². The highest BCUT2D eigenvalue weighted by molar-refractivity contribution is 5.93. The summed E-state index contributed by atoms with van der Waals surface area (Å²) in [5, 5.41) is 2.01. The van der Waals surface area contributed by atoms with Gasteiger partial charge < -0.3 is 14.2 Å². The third-order valence-corrected chi connectivity index (χ3v) is 5.35. The summed E-state index contributed by atoms with van der Waals surface area (Å²) in [6, 6.07) is 40.1. The number of ether oxygens (including phenoxy) is 3. The largest absolute Gasteiger partial charge is 0.484 e. The van der Waals surface area contributed by atoms with Gasteiger partial charge in [0, 0.05) is 5.39 Å². The molecule has 0 N–H and O–H groups in total. The van der Waals surface area contributed by atoms with Gasteiger partial charge >= 0.3 is 0 Å². The molecule has 0 heterocycles. The van der Waals surface area contributed by atoms with Crippen molar-refractivity contribution in [1.82, 2.24) is 0 Å². The molecular weight excluding hydrogens is 408 g/mol. The molecular formula is C30H24O3. The maximum absolute atomic E-state index is 6.40. The van der Waals surface area contributed by atoms with Crippen molar-refractivity contribution in [2.75, 3.05) is 0 Å². The van der Waals surface area contributed by atoms with E-state index in [1.165, 1.54) is 0 Å². The Balaban J connectivity index is 1.58. The van der Waals surface area contributed by atoms with E-state index >= 15 is 0 Å². The summed E-state index contributed by atoms with van der Waals surface area (Å²) in [7, 11) is 0. The Kier molecular flexibility index (Phi) is 6.21. The number of hydrogen-bond donors (Lipinski definition) is 0. The lowest BCUT2D eigenvalue weighted by Crippen LogP contribution is -2.03. The molecule has 3 heteroatoms. The zero-order valence-corrected chi connectivity index (χ0v) is 18.2. The number of rotatable bonds is 8. The van der Waals surface area contributed by atoms with E-state index in [9.17, 15) is 0 Å². The van der Waals surface area contributed by atoms with E-state index in [1.807, 2.05) is 97.1 Å². The second kappa shape index (κ2) is 9.92. The van der Waals surface area contributed by atoms with Gasteiger partial charge in [-0.15, -0.1) is 0 Å². The topological polar surface area (TPSA) is 27.7 Å². The number of fused-ring (bicyclic) bond motifs is 1. The van der Waals surface area contributed by atoms with Gasteiger partial charge in [-0.1, -0.05) is 103 Å². The van der Waals surface area contributed by atoms with Gasteiger partial charge in [-0.3, -0.25) is 0 Å². The average Bonchev–Trinajstić information content (AvgIpc) is 2.88. The maximum atomic E-state index is 6.40. The Bertz CT molecular complexity index is 1320. The number of benzene rings is 5. The molecule has 0 aliphatic heterocycles. The molecule has 33 heavy (non-hydrogen) atoms. The molecule has 0 aliphatic carbocycles. The molecule has 0 spiro atoms. The minimum atomic E-state index is 0.409. The molecule has 0 unspecified atom stereocenters. The molecule has 0 fully saturated rings. The van der Waals surface area contributed by atoms with Gasteiger partial charge in [0.15, 0.2) is 11.5 Å². The molecule has 5 aromatic rings. The van der Waals surface area contributed by atoms with Gasteiger partial charge in [0.05, 0.1) is 0 Å². The van der Waals surface area contributed by atoms with Crippen LogP contribution in [0, 0.1) is 0 Å². The Morgan fingerprint density at radius 3 is 1.64 bits per heavy atom. The number of hydrogen-bond acceptors (Lipinski definition) is 3. The normalized spacial score (nSPS) is 10.7. The molecule has 0 radical (unpaired) electrons. The minimum Gasteiger partial charge on any atom is -0.484 e. The third-order valence-electron chi connectivity index (χ3n) is 5.35. The van der Waals surface area contributed by atoms with Crippen molar-refractivity contribution in [2.24, 2.45) is 0 Å². The highest BCUT2D eigenvalue weighted by Crippen LogP contribution is 2.46. The third kappa shape index (κ3) is 4.99. The monoisotopic (exact) mass is 432 g/mol. The molecule has 3 nitrogen and oxygen atoms in total. The van der Waals surface area contributed by atoms with Crippen LogP contribution < -0.4 is 14.2 Å². The first-order valence-corrected chi connectivity index (χ1v) is 11.0. The van der Waals surface area contributed by atoms with Crippen molar-refractivity contribution in [3.63, 3.8) is 0 Å². The molecule has 5 rings (SSSR count). The molecule has 5 aromatic carbocycles. The molecule has 0 saturated heterocycles. The molecule has 0 aliphatic rings. The lowest BCUT2D eigenvalue weighted by Gasteiger charge is -2.19. The summed E-state index contributed by atoms with van der Waals surface area (Å²) < 4.78 is 19.1. The highest BCUT2D eigenvalue weighted by atomic mass is 16.5. The number of para-hydroxylation sites is 1. The zero-order chi connectivity index (χ0) is 22.3. The van der Waals surface area contributed by atoms with Gasteiger partial charge in [0.1, 0.15) is 19.0 Å². The van der Waals surface area contributed by atoms with Crippen LogP contribution in [0.25, 0.3) is 10.8 Å². The van der Waals surface area contributed by atoms with Crippen LogP contribution in [0.4, 0.5) is 0 Å². The lowest BCUT2D eigenvalue weighted by molar-refractivity contribution is 0.250. The smallest absolute Gasteiger partial charge is 0.205 e. The molecule has 0 saturated carbocycles. The molecule has 0 atom stereocenters. The van der Waals surface area contributed by atoms with Gasteiger partial charge in [0.25, 0.3) is 0 Å². The van der Waals surface area contributed by atoms with E-state index in [2.05, 4.69) is 24.3 Å². The fourth-order valence-corrected chi connectivity index (χ4v) is 3.70. The van der Waals surface area contributed by atoms with Crippen molar-refractivity contribution < 1.29 is 14.2 Å². The van der Waals surface area contributed by atoms with Gasteiger partial charge in [-0.25, -0.2) is 0 Å². The Morgan fingerprint density at radius 2 is 1.00 bits per heavy atom. The van der Waals surface area contributed by atoms with Crippen LogP contribution in [-0.4, -0.2) is 0 Å². The van der Waals surface area contributed by atoms with Crippen molar-refractivity contribution in [3.8, 4) is 23.0 Å². The summed E-state index contributed by atoms with van der Waals surface area (Å²) in [6.07, 6.45) is 0. The van der Waals surface area contributed by atoms with E-state index in [1.54, 1.807) is 0 Å². The van der Waals surface area contributed by atoms with Gasteiger partial charge in [-0.05, 0) is 34.7 Å². The first kappa shape index (κ1) is 20.7. The second-order valence-corrected chi connectivity index (χ2v) is 7.72. The van der Waals surface area contributed by atoms with Crippen LogP contribution in [0.3, 0.4) is 0 Å². The summed E-state index contributed by atoms with van der Waals surface area (Å²) >= 11 is 0. The first-order chi connectivity index (χ1) is 16.4. The Morgan fingerprint density at radius 1 is 0.485 bits per heavy atom. The van der Waals surface area contributed by atoms with E-state index < -0.39 is 0 Å². The SMILES string of the molecule is c1ccc(COc2c(Oc3ccccc3)cc3ccccc3c2OCc2ccccc2)cc1. The maximum Gasteiger partial charge on any atom is 0.205 e. The molecule has 0 bridgehead atoms. The van der Waals surface area contributed by atoms with Crippen molar-refractivity contribution in [3.05, 3.63) is 132 Å². The standard InChI is InChI=1S/C30H24O3/c1-4-12-23(13-5-1)21-31-29-27-19-11-10-16-25(27)20-28(33-26-17-8-3-9-18-26)30(29)32-22-24-14-6-2-7-15-24/h1-20H,21-22H2. The minimum absolute atomic E-state index is 0.409. The van der Waals surface area contributed by atoms with Crippen LogP contribution in [-0.2, 0) is 13.2 Å². The van der Waals surface area contributed by atoms with Gasteiger partial charge in [0.2, 0.25) is 5.75 Å². The van der Waals surface area contributed by atoms with Crippen LogP contribution in [0.5, 0.6) is 23.0 Å². The predicted molar refractivity (Wildman–Crippen MR) is 132 cm³/mol. The molecule has 0 aromatic heterocycles. The molecule has 0 amide bonds. The quantitative estimate of drug-likeness (QED) is 0.250. The van der Waals surface area contributed by atoms with E-state index in [0.717, 1.165) is 27.6 Å². The first-order valence-electron chi connectivity index (χ1n) is 11.0. The van der Waals surface area contributed by atoms with E-state index in [4.69, 9.17) is 14.2 Å². The summed E-state index contributed by atoms with van der Waals surface area (Å²) in [5.41, 5.74) is 2.16. The average molecular weight is 433 g/mol. The molecule has 162 valence electrons. The van der Waals surface area contributed by atoms with Crippen LogP contribution in [0.15, 0.2) is 121 Å². The summed E-state index contributed by atoms with van der Waals surface area (Å²) in [6.45, 7) is 0.841. The lowest BCUT2D eigenvalue weighted by atomic mass is 10.1. The zero-order valence-electron chi connectivity index (χ0n) is 18.2. The van der Waals surface area contributed by atoms with Crippen LogP contribution in [0.1, 0.15) is 11.1 Å². The van der Waals surface area contributed by atoms with Crippen molar-refractivity contribution in [2.45, 2.75) is 13.2 Å². The van der Waals surface area contributed by atoms with Gasteiger partial charge in [-0.2, -0.15) is 0 Å². The second-order valence-electron chi connectivity index (χ2n) is 7.72. The Hall–Kier alpha value is -4.24.